The zero-order valence-electron chi connectivity index (χ0n) is 15.2. The molecule has 0 fully saturated rings. The maximum atomic E-state index is 12.3. The van der Waals surface area contributed by atoms with Gasteiger partial charge in [0.05, 0.1) is 12.4 Å². The number of rotatable bonds is 6. The van der Waals surface area contributed by atoms with Crippen molar-refractivity contribution in [3.8, 4) is 0 Å². The Hall–Kier alpha value is -3.54. The fourth-order valence-corrected chi connectivity index (χ4v) is 2.49. The van der Waals surface area contributed by atoms with Crippen LogP contribution in [0.4, 0.5) is 17.2 Å². The number of aromatic nitrogens is 2. The smallest absolute Gasteiger partial charge is 0.275 e. The van der Waals surface area contributed by atoms with Gasteiger partial charge in [0, 0.05) is 16.9 Å². The molecule has 1 amide bonds. The van der Waals surface area contributed by atoms with E-state index in [-0.39, 0.29) is 17.4 Å². The molecular weight excluding hydrogens is 340 g/mol. The van der Waals surface area contributed by atoms with Gasteiger partial charge in [-0.3, -0.25) is 9.59 Å². The van der Waals surface area contributed by atoms with E-state index in [2.05, 4.69) is 27.5 Å². The number of ketones is 1. The number of carbonyl (C=O) groups is 2. The van der Waals surface area contributed by atoms with Crippen LogP contribution in [0.25, 0.3) is 0 Å². The van der Waals surface area contributed by atoms with E-state index in [0.717, 1.165) is 12.1 Å². The zero-order chi connectivity index (χ0) is 19.2. The molecule has 0 saturated heterocycles. The van der Waals surface area contributed by atoms with E-state index < -0.39 is 0 Å². The van der Waals surface area contributed by atoms with Crippen LogP contribution in [-0.2, 0) is 6.42 Å². The molecule has 0 radical (unpaired) electrons. The van der Waals surface area contributed by atoms with E-state index in [9.17, 15) is 9.59 Å². The maximum Gasteiger partial charge on any atom is 0.275 e. The lowest BCUT2D eigenvalue weighted by atomic mass is 10.1. The average Bonchev–Trinajstić information content (AvgIpc) is 2.69. The SMILES string of the molecule is CCc1ccc(NC(=O)c2cnc(Nc3cccc(C(C)=O)c3)cn2)cc1. The number of nitrogens with one attached hydrogen (secondary N) is 2. The van der Waals surface area contributed by atoms with Crippen LogP contribution in [-0.4, -0.2) is 21.7 Å². The standard InChI is InChI=1S/C21H20N4O2/c1-3-15-7-9-17(10-8-15)25-21(27)19-12-23-20(13-22-19)24-18-6-4-5-16(11-18)14(2)26/h4-13H,3H2,1-2H3,(H,23,24)(H,25,27). The first-order chi connectivity index (χ1) is 13.0. The molecule has 2 aromatic carbocycles. The number of hydrogen-bond acceptors (Lipinski definition) is 5. The molecule has 0 aliphatic heterocycles. The number of nitrogens with zero attached hydrogens (tertiary/aromatic N) is 2. The van der Waals surface area contributed by atoms with Gasteiger partial charge in [-0.1, -0.05) is 31.2 Å². The highest BCUT2D eigenvalue weighted by molar-refractivity contribution is 6.02. The molecule has 3 rings (SSSR count). The van der Waals surface area contributed by atoms with Crippen LogP contribution in [0.2, 0.25) is 0 Å². The quantitative estimate of drug-likeness (QED) is 0.643. The number of Topliss-reactive ketones (excluding diaryl/α,β-unsaturated/α-hetero) is 1. The lowest BCUT2D eigenvalue weighted by molar-refractivity contribution is 0.101. The molecule has 6 heteroatoms. The van der Waals surface area contributed by atoms with E-state index in [1.54, 1.807) is 18.2 Å². The van der Waals surface area contributed by atoms with Gasteiger partial charge in [-0.25, -0.2) is 9.97 Å². The number of benzene rings is 2. The third-order valence-electron chi connectivity index (χ3n) is 4.05. The monoisotopic (exact) mass is 360 g/mol. The van der Waals surface area contributed by atoms with E-state index in [4.69, 9.17) is 0 Å². The molecule has 0 saturated carbocycles. The molecular formula is C21H20N4O2. The molecule has 3 aromatic rings. The van der Waals surface area contributed by atoms with Gasteiger partial charge in [0.15, 0.2) is 5.78 Å². The summed E-state index contributed by atoms with van der Waals surface area (Å²) in [4.78, 5) is 32.1. The molecule has 0 aliphatic carbocycles. The van der Waals surface area contributed by atoms with Crippen molar-refractivity contribution in [1.82, 2.24) is 9.97 Å². The normalized spacial score (nSPS) is 10.3. The second-order valence-electron chi connectivity index (χ2n) is 6.05. The van der Waals surface area contributed by atoms with Gasteiger partial charge < -0.3 is 10.6 Å². The van der Waals surface area contributed by atoms with Crippen LogP contribution in [0, 0.1) is 0 Å². The van der Waals surface area contributed by atoms with Crippen molar-refractivity contribution >= 4 is 28.9 Å². The predicted octanol–water partition coefficient (Wildman–Crippen LogP) is 4.24. The highest BCUT2D eigenvalue weighted by Gasteiger charge is 2.09. The Morgan fingerprint density at radius 1 is 0.963 bits per heavy atom. The Morgan fingerprint density at radius 3 is 2.37 bits per heavy atom. The fraction of sp³-hybridized carbons (Fsp3) is 0.143. The van der Waals surface area contributed by atoms with Crippen molar-refractivity contribution < 1.29 is 9.59 Å². The maximum absolute atomic E-state index is 12.3. The van der Waals surface area contributed by atoms with Crippen molar-refractivity contribution in [2.45, 2.75) is 20.3 Å². The van der Waals surface area contributed by atoms with Gasteiger partial charge in [-0.15, -0.1) is 0 Å². The average molecular weight is 360 g/mol. The summed E-state index contributed by atoms with van der Waals surface area (Å²) in [5, 5.41) is 5.87. The molecule has 1 heterocycles. The molecule has 0 unspecified atom stereocenters. The number of carbonyl (C=O) groups excluding carboxylic acids is 2. The zero-order valence-corrected chi connectivity index (χ0v) is 15.2. The molecule has 0 atom stereocenters. The largest absolute Gasteiger partial charge is 0.339 e. The first-order valence-electron chi connectivity index (χ1n) is 8.65. The molecule has 136 valence electrons. The molecule has 2 N–H and O–H groups in total. The number of amides is 1. The van der Waals surface area contributed by atoms with Gasteiger partial charge in [-0.2, -0.15) is 0 Å². The second kappa shape index (κ2) is 8.23. The van der Waals surface area contributed by atoms with Crippen LogP contribution in [0.15, 0.2) is 60.9 Å². The van der Waals surface area contributed by atoms with E-state index in [1.807, 2.05) is 30.3 Å². The number of hydrogen-bond donors (Lipinski definition) is 2. The number of aryl methyl sites for hydroxylation is 1. The summed E-state index contributed by atoms with van der Waals surface area (Å²) in [6, 6.07) is 14.8. The van der Waals surface area contributed by atoms with Crippen molar-refractivity contribution in [2.75, 3.05) is 10.6 Å². The summed E-state index contributed by atoms with van der Waals surface area (Å²) in [7, 11) is 0. The Kier molecular flexibility index (Phi) is 5.56. The first-order valence-corrected chi connectivity index (χ1v) is 8.65. The summed E-state index contributed by atoms with van der Waals surface area (Å²) in [6.45, 7) is 3.59. The van der Waals surface area contributed by atoms with Crippen LogP contribution >= 0.6 is 0 Å². The van der Waals surface area contributed by atoms with Crippen LogP contribution in [0.1, 0.15) is 40.3 Å². The lowest BCUT2D eigenvalue weighted by Gasteiger charge is -2.08. The van der Waals surface area contributed by atoms with Crippen molar-refractivity contribution in [3.05, 3.63) is 77.7 Å². The van der Waals surface area contributed by atoms with Crippen molar-refractivity contribution in [3.63, 3.8) is 0 Å². The minimum atomic E-state index is -0.322. The third kappa shape index (κ3) is 4.76. The summed E-state index contributed by atoms with van der Waals surface area (Å²) >= 11 is 0. The van der Waals surface area contributed by atoms with Gasteiger partial charge in [0.1, 0.15) is 11.5 Å². The molecule has 0 bridgehead atoms. The van der Waals surface area contributed by atoms with Gasteiger partial charge in [0.2, 0.25) is 0 Å². The Labute approximate surface area is 157 Å². The summed E-state index contributed by atoms with van der Waals surface area (Å²) in [5.74, 6) is 0.153. The summed E-state index contributed by atoms with van der Waals surface area (Å²) in [5.41, 5.74) is 3.47. The molecule has 27 heavy (non-hydrogen) atoms. The minimum Gasteiger partial charge on any atom is -0.339 e. The van der Waals surface area contributed by atoms with E-state index in [1.165, 1.54) is 24.9 Å². The highest BCUT2D eigenvalue weighted by atomic mass is 16.2. The van der Waals surface area contributed by atoms with Crippen molar-refractivity contribution in [2.24, 2.45) is 0 Å². The highest BCUT2D eigenvalue weighted by Crippen LogP contribution is 2.16. The fourth-order valence-electron chi connectivity index (χ4n) is 2.49. The molecule has 6 nitrogen and oxygen atoms in total. The minimum absolute atomic E-state index is 0.0104. The predicted molar refractivity (Wildman–Crippen MR) is 106 cm³/mol. The van der Waals surface area contributed by atoms with Gasteiger partial charge in [0.25, 0.3) is 5.91 Å². The first kappa shape index (κ1) is 18.3. The molecule has 0 aliphatic rings. The topological polar surface area (TPSA) is 84.0 Å². The van der Waals surface area contributed by atoms with Gasteiger partial charge >= 0.3 is 0 Å². The Morgan fingerprint density at radius 2 is 1.74 bits per heavy atom. The molecule has 1 aromatic heterocycles. The van der Waals surface area contributed by atoms with E-state index in [0.29, 0.717) is 17.1 Å². The van der Waals surface area contributed by atoms with E-state index >= 15 is 0 Å². The lowest BCUT2D eigenvalue weighted by Crippen LogP contribution is -2.14. The third-order valence-corrected chi connectivity index (χ3v) is 4.05. The Bertz CT molecular complexity index is 951. The van der Waals surface area contributed by atoms with Gasteiger partial charge in [-0.05, 0) is 43.2 Å². The van der Waals surface area contributed by atoms with Crippen LogP contribution < -0.4 is 10.6 Å². The van der Waals surface area contributed by atoms with Crippen LogP contribution in [0.3, 0.4) is 0 Å². The van der Waals surface area contributed by atoms with Crippen molar-refractivity contribution in [1.29, 1.82) is 0 Å². The molecule has 0 spiro atoms. The Balaban J connectivity index is 1.66. The summed E-state index contributed by atoms with van der Waals surface area (Å²) < 4.78 is 0. The second-order valence-corrected chi connectivity index (χ2v) is 6.05. The number of anilines is 3. The van der Waals surface area contributed by atoms with Crippen LogP contribution in [0.5, 0.6) is 0 Å². The summed E-state index contributed by atoms with van der Waals surface area (Å²) in [6.07, 6.45) is 3.84.